The van der Waals surface area contributed by atoms with E-state index in [-0.39, 0.29) is 0 Å². The van der Waals surface area contributed by atoms with Gasteiger partial charge in [0.25, 0.3) is 0 Å². The van der Waals surface area contributed by atoms with Crippen molar-refractivity contribution in [3.8, 4) is 0 Å². The number of unbranched alkanes of at least 4 members (excludes halogenated alkanes) is 7. The van der Waals surface area contributed by atoms with Gasteiger partial charge in [0, 0.05) is 0 Å². The van der Waals surface area contributed by atoms with Crippen LogP contribution in [0, 0.1) is 0 Å². The lowest BCUT2D eigenvalue weighted by Gasteiger charge is -2.16. The van der Waals surface area contributed by atoms with Gasteiger partial charge in [-0.15, -0.1) is 0 Å². The fourth-order valence-electron chi connectivity index (χ4n) is 2.53. The first-order valence-corrected chi connectivity index (χ1v) is 8.89. The van der Waals surface area contributed by atoms with E-state index < -0.39 is 0 Å². The van der Waals surface area contributed by atoms with E-state index in [1.54, 1.807) is 0 Å². The molecule has 0 saturated carbocycles. The largest absolute Gasteiger partial charge is 0.349 e. The van der Waals surface area contributed by atoms with Crippen LogP contribution in [0.1, 0.15) is 78.1 Å². The van der Waals surface area contributed by atoms with Crippen molar-refractivity contribution in [2.75, 3.05) is 13.1 Å². The Bertz CT molecular complexity index is 176. The summed E-state index contributed by atoms with van der Waals surface area (Å²) in [7, 11) is 3.64. The summed E-state index contributed by atoms with van der Waals surface area (Å²) in [6.07, 6.45) is 14.2. The highest BCUT2D eigenvalue weighted by Crippen LogP contribution is 2.14. The van der Waals surface area contributed by atoms with Crippen LogP contribution in [0.4, 0.5) is 0 Å². The van der Waals surface area contributed by atoms with Gasteiger partial charge in [0.2, 0.25) is 0 Å². The zero-order valence-corrected chi connectivity index (χ0v) is 14.2. The molecule has 0 aliphatic rings. The van der Waals surface area contributed by atoms with E-state index in [9.17, 15) is 0 Å². The Morgan fingerprint density at radius 2 is 1.42 bits per heavy atom. The second-order valence-electron chi connectivity index (χ2n) is 6.43. The number of hydrogen-bond donors (Lipinski definition) is 0. The van der Waals surface area contributed by atoms with Gasteiger partial charge >= 0.3 is 0 Å². The first kappa shape index (κ1) is 19.1. The van der Waals surface area contributed by atoms with Gasteiger partial charge in [-0.05, 0) is 25.9 Å². The molecule has 0 saturated heterocycles. The van der Waals surface area contributed by atoms with Crippen molar-refractivity contribution < 1.29 is 0 Å². The Labute approximate surface area is 124 Å². The lowest BCUT2D eigenvalue weighted by Crippen LogP contribution is -2.22. The standard InChI is InChI=1S/C16H37B2N/c1-4-5-6-8-11-14-19(17)15-12-9-7-10-13-16(2)18-3/h16,18H,4-15,17H2,1-3H3/t16-/m0/s1. The third-order valence-corrected chi connectivity index (χ3v) is 4.33. The summed E-state index contributed by atoms with van der Waals surface area (Å²) in [5, 5.41) is 0. The first-order chi connectivity index (χ1) is 9.20. The van der Waals surface area contributed by atoms with E-state index in [0.717, 1.165) is 5.82 Å². The molecule has 0 radical (unpaired) electrons. The lowest BCUT2D eigenvalue weighted by molar-refractivity contribution is 0.411. The molecule has 0 unspecified atom stereocenters. The highest BCUT2D eigenvalue weighted by molar-refractivity contribution is 6.35. The van der Waals surface area contributed by atoms with Crippen LogP contribution in [0.15, 0.2) is 0 Å². The van der Waals surface area contributed by atoms with E-state index in [0.29, 0.717) is 0 Å². The summed E-state index contributed by atoms with van der Waals surface area (Å²) in [6, 6.07) is 0. The van der Waals surface area contributed by atoms with Crippen LogP contribution >= 0.6 is 0 Å². The molecule has 3 heteroatoms. The summed E-state index contributed by atoms with van der Waals surface area (Å²) in [4.78, 5) is 2.53. The normalized spacial score (nSPS) is 12.8. The average Bonchev–Trinajstić information content (AvgIpc) is 2.42. The Morgan fingerprint density at radius 1 is 0.895 bits per heavy atom. The lowest BCUT2D eigenvalue weighted by atomic mass is 9.66. The zero-order chi connectivity index (χ0) is 14.3. The zero-order valence-electron chi connectivity index (χ0n) is 14.2. The van der Waals surface area contributed by atoms with Gasteiger partial charge in [-0.1, -0.05) is 77.9 Å². The van der Waals surface area contributed by atoms with Crippen molar-refractivity contribution in [3.05, 3.63) is 0 Å². The molecule has 0 spiro atoms. The van der Waals surface area contributed by atoms with E-state index in [4.69, 9.17) is 0 Å². The van der Waals surface area contributed by atoms with Crippen LogP contribution in [-0.4, -0.2) is 33.2 Å². The summed E-state index contributed by atoms with van der Waals surface area (Å²) in [6.45, 7) is 9.58. The average molecular weight is 265 g/mol. The van der Waals surface area contributed by atoms with Gasteiger partial charge < -0.3 is 4.81 Å². The third kappa shape index (κ3) is 14.3. The van der Waals surface area contributed by atoms with Crippen molar-refractivity contribution in [2.24, 2.45) is 0 Å². The van der Waals surface area contributed by atoms with Crippen molar-refractivity contribution >= 4 is 15.3 Å². The molecule has 19 heavy (non-hydrogen) atoms. The first-order valence-electron chi connectivity index (χ1n) is 8.89. The van der Waals surface area contributed by atoms with E-state index >= 15 is 0 Å². The van der Waals surface area contributed by atoms with Crippen molar-refractivity contribution in [1.82, 2.24) is 4.81 Å². The molecule has 0 aliphatic heterocycles. The minimum absolute atomic E-state index is 0.936. The predicted octanol–water partition coefficient (Wildman–Crippen LogP) is 4.05. The summed E-state index contributed by atoms with van der Waals surface area (Å²) >= 11 is 0. The van der Waals surface area contributed by atoms with Crippen molar-refractivity contribution in [1.29, 1.82) is 0 Å². The number of nitrogens with zero attached hydrogens (tertiary/aromatic N) is 1. The van der Waals surface area contributed by atoms with E-state index in [1.165, 1.54) is 84.6 Å². The van der Waals surface area contributed by atoms with Crippen LogP contribution in [0.5, 0.6) is 0 Å². The van der Waals surface area contributed by atoms with Gasteiger partial charge in [-0.2, -0.15) is 0 Å². The van der Waals surface area contributed by atoms with Crippen LogP contribution in [0.25, 0.3) is 0 Å². The Morgan fingerprint density at radius 3 is 1.95 bits per heavy atom. The van der Waals surface area contributed by atoms with Crippen LogP contribution in [-0.2, 0) is 0 Å². The summed E-state index contributed by atoms with van der Waals surface area (Å²) in [5.41, 5.74) is 0. The molecule has 0 fully saturated rings. The fourth-order valence-corrected chi connectivity index (χ4v) is 2.53. The smallest absolute Gasteiger partial charge is 0.185 e. The maximum absolute atomic E-state index is 2.53. The number of rotatable bonds is 14. The maximum Gasteiger partial charge on any atom is 0.185 e. The van der Waals surface area contributed by atoms with Gasteiger partial charge in [-0.25, -0.2) is 0 Å². The predicted molar refractivity (Wildman–Crippen MR) is 94.4 cm³/mol. The second-order valence-corrected chi connectivity index (χ2v) is 6.43. The Hall–Kier alpha value is 0.0899. The molecular weight excluding hydrogens is 228 g/mol. The molecule has 0 amide bonds. The molecule has 0 aromatic rings. The molecule has 1 atom stereocenters. The molecule has 0 heterocycles. The van der Waals surface area contributed by atoms with Crippen molar-refractivity contribution in [3.63, 3.8) is 0 Å². The Balaban J connectivity index is 3.18. The molecule has 0 aliphatic carbocycles. The second kappa shape index (κ2) is 14.5. The molecule has 0 rings (SSSR count). The minimum atomic E-state index is 0.936. The van der Waals surface area contributed by atoms with Crippen molar-refractivity contribution in [2.45, 2.75) is 90.7 Å². The Kier molecular flexibility index (Phi) is 14.6. The van der Waals surface area contributed by atoms with Gasteiger partial charge in [0.15, 0.2) is 7.98 Å². The number of hydrogen-bond acceptors (Lipinski definition) is 1. The molecule has 0 bridgehead atoms. The summed E-state index contributed by atoms with van der Waals surface area (Å²) in [5.74, 6) is 0.936. The van der Waals surface area contributed by atoms with Crippen LogP contribution in [0.3, 0.4) is 0 Å². The fraction of sp³-hybridized carbons (Fsp3) is 1.00. The highest BCUT2D eigenvalue weighted by Gasteiger charge is 2.01. The minimum Gasteiger partial charge on any atom is -0.349 e. The van der Waals surface area contributed by atoms with Crippen LogP contribution < -0.4 is 0 Å². The quantitative estimate of drug-likeness (QED) is 0.338. The van der Waals surface area contributed by atoms with Gasteiger partial charge in [0.05, 0.1) is 0 Å². The molecule has 0 N–H and O–H groups in total. The van der Waals surface area contributed by atoms with Gasteiger partial charge in [0.1, 0.15) is 7.28 Å². The third-order valence-electron chi connectivity index (χ3n) is 4.33. The maximum atomic E-state index is 2.53. The molecular formula is C16H37B2N. The SMILES string of the molecule is BN(CCCCCCC)CCCCCC[C@H](C)BC. The summed E-state index contributed by atoms with van der Waals surface area (Å²) < 4.78 is 0. The molecule has 0 aromatic carbocycles. The molecule has 0 aromatic heterocycles. The molecule has 112 valence electrons. The van der Waals surface area contributed by atoms with E-state index in [2.05, 4.69) is 33.5 Å². The van der Waals surface area contributed by atoms with Gasteiger partial charge in [-0.3, -0.25) is 0 Å². The molecule has 1 nitrogen and oxygen atoms in total. The van der Waals surface area contributed by atoms with Crippen LogP contribution in [0.2, 0.25) is 12.6 Å². The monoisotopic (exact) mass is 265 g/mol. The topological polar surface area (TPSA) is 3.24 Å². The highest BCUT2D eigenvalue weighted by atomic mass is 15.0. The van der Waals surface area contributed by atoms with E-state index in [1.807, 2.05) is 0 Å².